The van der Waals surface area contributed by atoms with Crippen LogP contribution in [-0.4, -0.2) is 30.5 Å². The standard InChI is InChI=1S/C15H31Br2O4P/c1-2-3-4-5-6-7-8-9-10-13-19-22(18,20-14-11-16)21-15-12-17/h2-15H2,1H3. The summed E-state index contributed by atoms with van der Waals surface area (Å²) >= 11 is 6.47. The highest BCUT2D eigenvalue weighted by atomic mass is 79.9. The Morgan fingerprint density at radius 3 is 1.55 bits per heavy atom. The summed E-state index contributed by atoms with van der Waals surface area (Å²) in [7, 11) is -3.39. The lowest BCUT2D eigenvalue weighted by molar-refractivity contribution is 0.122. The Kier molecular flexibility index (Phi) is 17.7. The molecule has 0 aliphatic heterocycles. The third-order valence-electron chi connectivity index (χ3n) is 3.15. The molecule has 0 fully saturated rings. The van der Waals surface area contributed by atoms with E-state index in [0.717, 1.165) is 12.8 Å². The number of unbranched alkanes of at least 4 members (excludes halogenated alkanes) is 8. The van der Waals surface area contributed by atoms with E-state index in [2.05, 4.69) is 38.8 Å². The molecular weight excluding hydrogens is 435 g/mol. The van der Waals surface area contributed by atoms with Gasteiger partial charge in [-0.15, -0.1) is 0 Å². The molecule has 134 valence electrons. The largest absolute Gasteiger partial charge is 0.474 e. The molecule has 4 nitrogen and oxygen atoms in total. The summed E-state index contributed by atoms with van der Waals surface area (Å²) in [5, 5.41) is 1.21. The average Bonchev–Trinajstić information content (AvgIpc) is 2.53. The highest BCUT2D eigenvalue weighted by Gasteiger charge is 2.25. The Labute approximate surface area is 152 Å². The van der Waals surface area contributed by atoms with Crippen molar-refractivity contribution >= 4 is 39.7 Å². The molecule has 0 aliphatic rings. The third kappa shape index (κ3) is 14.6. The van der Waals surface area contributed by atoms with Crippen molar-refractivity contribution in [1.29, 1.82) is 0 Å². The lowest BCUT2D eigenvalue weighted by atomic mass is 10.1. The second-order valence-corrected chi connectivity index (χ2v) is 8.41. The molecule has 0 aromatic rings. The molecule has 0 bridgehead atoms. The van der Waals surface area contributed by atoms with Gasteiger partial charge in [0.25, 0.3) is 0 Å². The van der Waals surface area contributed by atoms with E-state index in [1.165, 1.54) is 44.9 Å². The first-order valence-electron chi connectivity index (χ1n) is 8.34. The van der Waals surface area contributed by atoms with Crippen LogP contribution in [0.5, 0.6) is 0 Å². The number of halogens is 2. The molecule has 0 saturated carbocycles. The van der Waals surface area contributed by atoms with Gasteiger partial charge in [0, 0.05) is 10.7 Å². The van der Waals surface area contributed by atoms with Crippen LogP contribution in [0.2, 0.25) is 0 Å². The SMILES string of the molecule is CCCCCCCCCCCOP(=O)(OCCBr)OCCBr. The van der Waals surface area contributed by atoms with Crippen LogP contribution in [0.3, 0.4) is 0 Å². The Hall–Kier alpha value is 1.07. The first-order valence-corrected chi connectivity index (χ1v) is 12.0. The van der Waals surface area contributed by atoms with Crippen LogP contribution in [-0.2, 0) is 18.1 Å². The van der Waals surface area contributed by atoms with Gasteiger partial charge >= 0.3 is 7.82 Å². The lowest BCUT2D eigenvalue weighted by Crippen LogP contribution is -2.05. The van der Waals surface area contributed by atoms with E-state index in [-0.39, 0.29) is 0 Å². The van der Waals surface area contributed by atoms with Gasteiger partial charge < -0.3 is 0 Å². The number of rotatable bonds is 17. The van der Waals surface area contributed by atoms with Crippen molar-refractivity contribution in [2.24, 2.45) is 0 Å². The highest BCUT2D eigenvalue weighted by molar-refractivity contribution is 9.09. The number of phosphoric ester groups is 1. The van der Waals surface area contributed by atoms with E-state index in [1.54, 1.807) is 0 Å². The molecule has 0 spiro atoms. The van der Waals surface area contributed by atoms with Gasteiger partial charge in [-0.05, 0) is 6.42 Å². The molecule has 0 amide bonds. The topological polar surface area (TPSA) is 44.8 Å². The maximum Gasteiger partial charge on any atom is 0.474 e. The summed E-state index contributed by atoms with van der Waals surface area (Å²) in [6, 6.07) is 0. The van der Waals surface area contributed by atoms with E-state index in [9.17, 15) is 4.57 Å². The van der Waals surface area contributed by atoms with E-state index in [0.29, 0.717) is 30.5 Å². The smallest absolute Gasteiger partial charge is 0.287 e. The average molecular weight is 466 g/mol. The second kappa shape index (κ2) is 16.9. The molecule has 0 aromatic heterocycles. The van der Waals surface area contributed by atoms with Gasteiger partial charge in [-0.3, -0.25) is 13.6 Å². The van der Waals surface area contributed by atoms with Crippen LogP contribution >= 0.6 is 39.7 Å². The van der Waals surface area contributed by atoms with Gasteiger partial charge in [-0.1, -0.05) is 90.2 Å². The van der Waals surface area contributed by atoms with Crippen LogP contribution in [0.1, 0.15) is 64.7 Å². The highest BCUT2D eigenvalue weighted by Crippen LogP contribution is 2.49. The van der Waals surface area contributed by atoms with E-state index in [4.69, 9.17) is 13.6 Å². The molecule has 0 saturated heterocycles. The van der Waals surface area contributed by atoms with Crippen molar-refractivity contribution in [3.05, 3.63) is 0 Å². The fourth-order valence-corrected chi connectivity index (χ4v) is 4.02. The van der Waals surface area contributed by atoms with Gasteiger partial charge in [-0.2, -0.15) is 0 Å². The molecule has 0 aromatic carbocycles. The summed E-state index contributed by atoms with van der Waals surface area (Å²) in [4.78, 5) is 0. The molecule has 0 radical (unpaired) electrons. The monoisotopic (exact) mass is 464 g/mol. The number of hydrogen-bond donors (Lipinski definition) is 0. The van der Waals surface area contributed by atoms with Crippen molar-refractivity contribution in [3.63, 3.8) is 0 Å². The molecule has 0 rings (SSSR count). The lowest BCUT2D eigenvalue weighted by Gasteiger charge is -2.17. The van der Waals surface area contributed by atoms with Gasteiger partial charge in [0.1, 0.15) is 0 Å². The van der Waals surface area contributed by atoms with E-state index >= 15 is 0 Å². The summed E-state index contributed by atoms with van der Waals surface area (Å²) < 4.78 is 28.0. The van der Waals surface area contributed by atoms with Gasteiger partial charge in [-0.25, -0.2) is 4.57 Å². The zero-order valence-corrected chi connectivity index (χ0v) is 17.8. The summed E-state index contributed by atoms with van der Waals surface area (Å²) in [6.45, 7) is 3.30. The van der Waals surface area contributed by atoms with Gasteiger partial charge in [0.15, 0.2) is 0 Å². The van der Waals surface area contributed by atoms with Crippen molar-refractivity contribution < 1.29 is 18.1 Å². The number of alkyl halides is 2. The van der Waals surface area contributed by atoms with E-state index < -0.39 is 7.82 Å². The minimum absolute atomic E-state index is 0.317. The normalized spacial score (nSPS) is 12.0. The van der Waals surface area contributed by atoms with Crippen molar-refractivity contribution in [2.45, 2.75) is 64.7 Å². The fourth-order valence-electron chi connectivity index (χ4n) is 1.99. The fraction of sp³-hybridized carbons (Fsp3) is 1.00. The predicted molar refractivity (Wildman–Crippen MR) is 100 cm³/mol. The molecule has 0 N–H and O–H groups in total. The Morgan fingerprint density at radius 2 is 1.09 bits per heavy atom. The molecule has 7 heteroatoms. The Bertz CT molecular complexity index is 268. The van der Waals surface area contributed by atoms with Gasteiger partial charge in [0.2, 0.25) is 0 Å². The molecule has 22 heavy (non-hydrogen) atoms. The molecule has 0 heterocycles. The van der Waals surface area contributed by atoms with Crippen LogP contribution < -0.4 is 0 Å². The maximum absolute atomic E-state index is 12.3. The van der Waals surface area contributed by atoms with Crippen LogP contribution in [0, 0.1) is 0 Å². The molecule has 0 aliphatic carbocycles. The van der Waals surface area contributed by atoms with Crippen molar-refractivity contribution in [2.75, 3.05) is 30.5 Å². The van der Waals surface area contributed by atoms with Crippen molar-refractivity contribution in [1.82, 2.24) is 0 Å². The van der Waals surface area contributed by atoms with Crippen molar-refractivity contribution in [3.8, 4) is 0 Å². The quantitative estimate of drug-likeness (QED) is 0.140. The molecular formula is C15H31Br2O4P. The zero-order chi connectivity index (χ0) is 16.5. The van der Waals surface area contributed by atoms with Crippen LogP contribution in [0.4, 0.5) is 0 Å². The second-order valence-electron chi connectivity index (χ2n) is 5.15. The number of phosphoric acid groups is 1. The van der Waals surface area contributed by atoms with Crippen LogP contribution in [0.25, 0.3) is 0 Å². The number of hydrogen-bond acceptors (Lipinski definition) is 4. The summed E-state index contributed by atoms with van der Waals surface area (Å²) in [6.07, 6.45) is 11.2. The van der Waals surface area contributed by atoms with Crippen LogP contribution in [0.15, 0.2) is 0 Å². The Balaban J connectivity index is 3.60. The Morgan fingerprint density at radius 1 is 0.682 bits per heavy atom. The minimum atomic E-state index is -3.39. The first kappa shape index (κ1) is 23.1. The maximum atomic E-state index is 12.3. The van der Waals surface area contributed by atoms with E-state index in [1.807, 2.05) is 0 Å². The molecule has 0 atom stereocenters. The molecule has 0 unspecified atom stereocenters. The summed E-state index contributed by atoms with van der Waals surface area (Å²) in [5.74, 6) is 0. The first-order chi connectivity index (χ1) is 10.7. The van der Waals surface area contributed by atoms with Gasteiger partial charge in [0.05, 0.1) is 19.8 Å². The zero-order valence-electron chi connectivity index (χ0n) is 13.7. The predicted octanol–water partition coefficient (Wildman–Crippen LogP) is 6.46. The summed E-state index contributed by atoms with van der Waals surface area (Å²) in [5.41, 5.74) is 0. The third-order valence-corrected chi connectivity index (χ3v) is 5.29. The minimum Gasteiger partial charge on any atom is -0.287 e.